The zero-order valence-corrected chi connectivity index (χ0v) is 10.2. The van der Waals surface area contributed by atoms with Crippen LogP contribution in [0.1, 0.15) is 0 Å². The molecule has 1 heterocycles. The van der Waals surface area contributed by atoms with Crippen molar-refractivity contribution in [3.8, 4) is 11.5 Å². The quantitative estimate of drug-likeness (QED) is 0.541. The molecule has 0 atom stereocenters. The molecule has 1 aromatic heterocycles. The van der Waals surface area contributed by atoms with E-state index in [1.807, 2.05) is 0 Å². The zero-order valence-electron chi connectivity index (χ0n) is 9.45. The van der Waals surface area contributed by atoms with Crippen molar-refractivity contribution in [2.24, 2.45) is 0 Å². The third kappa shape index (κ3) is 2.02. The first kappa shape index (κ1) is 11.9. The number of nitrogens with zero attached hydrogens (tertiary/aromatic N) is 1. The summed E-state index contributed by atoms with van der Waals surface area (Å²) in [5.74, 6) is -1.46. The zero-order chi connectivity index (χ0) is 13.6. The van der Waals surface area contributed by atoms with E-state index in [1.54, 1.807) is 18.2 Å². The summed E-state index contributed by atoms with van der Waals surface area (Å²) in [5.41, 5.74) is 6.96. The molecule has 3 aromatic rings. The molecule has 0 spiro atoms. The first-order valence-corrected chi connectivity index (χ1v) is 5.73. The van der Waals surface area contributed by atoms with E-state index in [4.69, 9.17) is 21.8 Å². The fraction of sp³-hybridized carbons (Fsp3) is 0. The molecular formula is C13H7ClF2N2O. The number of hydrogen-bond donors (Lipinski definition) is 1. The molecule has 6 heteroatoms. The number of anilines is 1. The molecule has 0 saturated carbocycles. The van der Waals surface area contributed by atoms with Crippen molar-refractivity contribution in [3.63, 3.8) is 0 Å². The maximum Gasteiger partial charge on any atom is 0.230 e. The Kier molecular flexibility index (Phi) is 2.64. The summed E-state index contributed by atoms with van der Waals surface area (Å²) in [7, 11) is 0. The van der Waals surface area contributed by atoms with Crippen molar-refractivity contribution in [3.05, 3.63) is 47.0 Å². The SMILES string of the molecule is Nc1ccc2oc(-c3cc(F)c(Cl)cc3F)nc2c1. The monoisotopic (exact) mass is 280 g/mol. The van der Waals surface area contributed by atoms with Gasteiger partial charge < -0.3 is 10.2 Å². The number of oxazole rings is 1. The molecule has 19 heavy (non-hydrogen) atoms. The summed E-state index contributed by atoms with van der Waals surface area (Å²) < 4.78 is 32.5. The van der Waals surface area contributed by atoms with E-state index in [2.05, 4.69) is 4.98 Å². The Labute approximate surface area is 111 Å². The van der Waals surface area contributed by atoms with Crippen LogP contribution in [-0.2, 0) is 0 Å². The molecule has 0 amide bonds. The van der Waals surface area contributed by atoms with Crippen LogP contribution in [-0.4, -0.2) is 4.98 Å². The number of rotatable bonds is 1. The molecule has 2 N–H and O–H groups in total. The van der Waals surface area contributed by atoms with Crippen LogP contribution in [0.25, 0.3) is 22.6 Å². The Morgan fingerprint density at radius 2 is 1.89 bits per heavy atom. The van der Waals surface area contributed by atoms with E-state index in [0.29, 0.717) is 16.8 Å². The number of nitrogen functional groups attached to an aromatic ring is 1. The Morgan fingerprint density at radius 3 is 2.68 bits per heavy atom. The molecule has 0 saturated heterocycles. The summed E-state index contributed by atoms with van der Waals surface area (Å²) in [6.45, 7) is 0. The van der Waals surface area contributed by atoms with Crippen LogP contribution in [0.15, 0.2) is 34.7 Å². The van der Waals surface area contributed by atoms with Gasteiger partial charge in [0.25, 0.3) is 0 Å². The molecule has 0 bridgehead atoms. The molecule has 3 rings (SSSR count). The predicted molar refractivity (Wildman–Crippen MR) is 68.8 cm³/mol. The van der Waals surface area contributed by atoms with Gasteiger partial charge in [-0.25, -0.2) is 13.8 Å². The number of halogens is 3. The smallest absolute Gasteiger partial charge is 0.230 e. The van der Waals surface area contributed by atoms with Gasteiger partial charge >= 0.3 is 0 Å². The third-order valence-corrected chi connectivity index (χ3v) is 2.94. The highest BCUT2D eigenvalue weighted by atomic mass is 35.5. The minimum absolute atomic E-state index is 0.0198. The number of aromatic nitrogens is 1. The van der Waals surface area contributed by atoms with Gasteiger partial charge in [-0.1, -0.05) is 11.6 Å². The Hall–Kier alpha value is -2.14. The lowest BCUT2D eigenvalue weighted by atomic mass is 10.2. The van der Waals surface area contributed by atoms with Crippen LogP contribution in [0, 0.1) is 11.6 Å². The number of nitrogens with two attached hydrogens (primary N) is 1. The maximum absolute atomic E-state index is 13.7. The highest BCUT2D eigenvalue weighted by Gasteiger charge is 2.16. The highest BCUT2D eigenvalue weighted by Crippen LogP contribution is 2.30. The second-order valence-electron chi connectivity index (χ2n) is 3.99. The fourth-order valence-corrected chi connectivity index (χ4v) is 1.90. The van der Waals surface area contributed by atoms with Gasteiger partial charge in [0.15, 0.2) is 5.58 Å². The third-order valence-electron chi connectivity index (χ3n) is 2.65. The minimum Gasteiger partial charge on any atom is -0.436 e. The average Bonchev–Trinajstić information content (AvgIpc) is 2.76. The van der Waals surface area contributed by atoms with Crippen molar-refractivity contribution in [2.75, 3.05) is 5.73 Å². The standard InChI is InChI=1S/C13H7ClF2N2O/c14-8-5-9(15)7(4-10(8)16)13-18-11-3-6(17)1-2-12(11)19-13/h1-5H,17H2. The van der Waals surface area contributed by atoms with Crippen LogP contribution in [0.5, 0.6) is 0 Å². The maximum atomic E-state index is 13.7. The van der Waals surface area contributed by atoms with Crippen LogP contribution in [0.2, 0.25) is 5.02 Å². The van der Waals surface area contributed by atoms with Gasteiger partial charge in [-0.3, -0.25) is 0 Å². The molecule has 0 aliphatic carbocycles. The van der Waals surface area contributed by atoms with Crippen molar-refractivity contribution in [1.82, 2.24) is 4.98 Å². The lowest BCUT2D eigenvalue weighted by molar-refractivity contribution is 0.580. The van der Waals surface area contributed by atoms with E-state index in [0.717, 1.165) is 12.1 Å². The summed E-state index contributed by atoms with van der Waals surface area (Å²) >= 11 is 5.49. The number of benzene rings is 2. The van der Waals surface area contributed by atoms with Gasteiger partial charge in [-0.15, -0.1) is 0 Å². The molecule has 0 aliphatic heterocycles. The summed E-state index contributed by atoms with van der Waals surface area (Å²) in [6.07, 6.45) is 0. The summed E-state index contributed by atoms with van der Waals surface area (Å²) in [5, 5.41) is -0.290. The highest BCUT2D eigenvalue weighted by molar-refractivity contribution is 6.30. The summed E-state index contributed by atoms with van der Waals surface area (Å²) in [6, 6.07) is 6.68. The predicted octanol–water partition coefficient (Wildman–Crippen LogP) is 4.01. The minimum atomic E-state index is -0.736. The van der Waals surface area contributed by atoms with Crippen LogP contribution in [0.3, 0.4) is 0 Å². The molecule has 2 aromatic carbocycles. The Morgan fingerprint density at radius 1 is 1.11 bits per heavy atom. The van der Waals surface area contributed by atoms with Crippen LogP contribution < -0.4 is 5.73 Å². The molecule has 0 unspecified atom stereocenters. The second-order valence-corrected chi connectivity index (χ2v) is 4.40. The van der Waals surface area contributed by atoms with E-state index in [1.165, 1.54) is 0 Å². The second kappa shape index (κ2) is 4.20. The van der Waals surface area contributed by atoms with Gasteiger partial charge in [0.2, 0.25) is 5.89 Å². The molecule has 0 radical (unpaired) electrons. The Bertz CT molecular complexity index is 786. The van der Waals surface area contributed by atoms with E-state index in [-0.39, 0.29) is 16.5 Å². The fourth-order valence-electron chi connectivity index (χ4n) is 1.75. The first-order chi connectivity index (χ1) is 9.04. The molecule has 96 valence electrons. The average molecular weight is 281 g/mol. The van der Waals surface area contributed by atoms with Crippen molar-refractivity contribution in [2.45, 2.75) is 0 Å². The lowest BCUT2D eigenvalue weighted by Crippen LogP contribution is -1.88. The molecule has 0 aliphatic rings. The largest absolute Gasteiger partial charge is 0.436 e. The molecule has 0 fully saturated rings. The van der Waals surface area contributed by atoms with Crippen LogP contribution >= 0.6 is 11.6 Å². The van der Waals surface area contributed by atoms with Gasteiger partial charge in [0.1, 0.15) is 17.2 Å². The normalized spacial score (nSPS) is 11.1. The van der Waals surface area contributed by atoms with E-state index >= 15 is 0 Å². The van der Waals surface area contributed by atoms with Crippen LogP contribution in [0.4, 0.5) is 14.5 Å². The van der Waals surface area contributed by atoms with Gasteiger partial charge in [0, 0.05) is 5.69 Å². The molecular weight excluding hydrogens is 274 g/mol. The van der Waals surface area contributed by atoms with E-state index < -0.39 is 11.6 Å². The number of hydrogen-bond acceptors (Lipinski definition) is 3. The van der Waals surface area contributed by atoms with Gasteiger partial charge in [0.05, 0.1) is 10.6 Å². The van der Waals surface area contributed by atoms with Gasteiger partial charge in [-0.2, -0.15) is 0 Å². The topological polar surface area (TPSA) is 52.0 Å². The van der Waals surface area contributed by atoms with Gasteiger partial charge in [-0.05, 0) is 30.3 Å². The lowest BCUT2D eigenvalue weighted by Gasteiger charge is -2.00. The van der Waals surface area contributed by atoms with Crippen molar-refractivity contribution < 1.29 is 13.2 Å². The summed E-state index contributed by atoms with van der Waals surface area (Å²) in [4.78, 5) is 4.08. The van der Waals surface area contributed by atoms with Crippen molar-refractivity contribution in [1.29, 1.82) is 0 Å². The Balaban J connectivity index is 2.21. The molecule has 3 nitrogen and oxygen atoms in total. The number of fused-ring (bicyclic) bond motifs is 1. The van der Waals surface area contributed by atoms with Crippen molar-refractivity contribution >= 4 is 28.4 Å². The first-order valence-electron chi connectivity index (χ1n) is 5.35. The van der Waals surface area contributed by atoms with E-state index in [9.17, 15) is 8.78 Å².